The number of nitrogens with one attached hydrogen (secondary N) is 1. The van der Waals surface area contributed by atoms with E-state index in [0.29, 0.717) is 32.5 Å². The van der Waals surface area contributed by atoms with E-state index in [1.54, 1.807) is 12.1 Å². The number of hydrogen-bond donors (Lipinski definition) is 2. The highest BCUT2D eigenvalue weighted by atomic mass is 19.1. The number of β-amino-alcohol motifs (C(OH)–C–C–N with tert-alkyl or cyclic N) is 1. The van der Waals surface area contributed by atoms with Gasteiger partial charge < -0.3 is 15.2 Å². The Morgan fingerprint density at radius 1 is 1.20 bits per heavy atom. The molecule has 0 bridgehead atoms. The van der Waals surface area contributed by atoms with Gasteiger partial charge in [0.1, 0.15) is 5.82 Å². The van der Waals surface area contributed by atoms with Gasteiger partial charge in [0.15, 0.2) is 0 Å². The van der Waals surface area contributed by atoms with E-state index < -0.39 is 6.10 Å². The minimum atomic E-state index is -0.660. The number of carbonyl (C=O) groups excluding carboxylic acids is 1. The molecule has 1 amide bonds. The molecule has 2 unspecified atom stereocenters. The van der Waals surface area contributed by atoms with Crippen LogP contribution in [0.1, 0.15) is 30.5 Å². The number of ether oxygens (including phenoxy) is 1. The molecule has 2 N–H and O–H groups in total. The second kappa shape index (κ2) is 10.7. The van der Waals surface area contributed by atoms with Crippen LogP contribution in [0.4, 0.5) is 4.39 Å². The van der Waals surface area contributed by atoms with Gasteiger partial charge >= 0.3 is 0 Å². The van der Waals surface area contributed by atoms with Crippen molar-refractivity contribution in [3.8, 4) is 0 Å². The summed E-state index contributed by atoms with van der Waals surface area (Å²) in [6.45, 7) is 5.58. The lowest BCUT2D eigenvalue weighted by molar-refractivity contribution is -0.128. The Balaban J connectivity index is 1.62. The highest BCUT2D eigenvalue weighted by molar-refractivity contribution is 5.82. The summed E-state index contributed by atoms with van der Waals surface area (Å²) < 4.78 is 18.6. The summed E-state index contributed by atoms with van der Waals surface area (Å²) >= 11 is 0. The average molecular weight is 415 g/mol. The summed E-state index contributed by atoms with van der Waals surface area (Å²) in [5, 5.41) is 13.4. The molecule has 0 aliphatic carbocycles. The Labute approximate surface area is 177 Å². The van der Waals surface area contributed by atoms with Gasteiger partial charge in [-0.3, -0.25) is 9.69 Å². The third-order valence-electron chi connectivity index (χ3n) is 5.34. The van der Waals surface area contributed by atoms with Crippen LogP contribution in [0.15, 0.2) is 48.5 Å². The van der Waals surface area contributed by atoms with Crippen molar-refractivity contribution in [2.45, 2.75) is 51.5 Å². The van der Waals surface area contributed by atoms with Gasteiger partial charge in [-0.25, -0.2) is 4.39 Å². The van der Waals surface area contributed by atoms with Gasteiger partial charge in [0.05, 0.1) is 24.9 Å². The van der Waals surface area contributed by atoms with E-state index in [0.717, 1.165) is 5.56 Å². The molecule has 162 valence electrons. The smallest absolute Gasteiger partial charge is 0.237 e. The van der Waals surface area contributed by atoms with Gasteiger partial charge in [-0.2, -0.15) is 0 Å². The van der Waals surface area contributed by atoms with Crippen LogP contribution in [-0.2, 0) is 28.9 Å². The predicted octanol–water partition coefficient (Wildman–Crippen LogP) is 2.70. The first kappa shape index (κ1) is 22.4. The molecular formula is C24H31FN2O3. The molecule has 0 aromatic heterocycles. The Morgan fingerprint density at radius 3 is 2.60 bits per heavy atom. The molecule has 0 radical (unpaired) electrons. The van der Waals surface area contributed by atoms with Gasteiger partial charge in [-0.05, 0) is 55.5 Å². The normalized spacial score (nSPS) is 17.6. The van der Waals surface area contributed by atoms with E-state index in [9.17, 15) is 14.3 Å². The minimum absolute atomic E-state index is 0.0484. The molecule has 30 heavy (non-hydrogen) atoms. The molecule has 0 spiro atoms. The molecule has 6 heteroatoms. The monoisotopic (exact) mass is 414 g/mol. The van der Waals surface area contributed by atoms with Crippen molar-refractivity contribution >= 4 is 5.91 Å². The summed E-state index contributed by atoms with van der Waals surface area (Å²) in [7, 11) is 0. The SMILES string of the molecule is CC(C)OCC(O)CN1Cc2ccccc2CC1C(=O)NCCc1ccc(F)cc1. The lowest BCUT2D eigenvalue weighted by Crippen LogP contribution is -2.53. The van der Waals surface area contributed by atoms with Gasteiger partial charge in [0.2, 0.25) is 5.91 Å². The maximum absolute atomic E-state index is 13.0. The van der Waals surface area contributed by atoms with Gasteiger partial charge in [-0.1, -0.05) is 36.4 Å². The molecule has 0 saturated carbocycles. The Kier molecular flexibility index (Phi) is 7.96. The molecule has 3 rings (SSSR count). The number of fused-ring (bicyclic) bond motifs is 1. The highest BCUT2D eigenvalue weighted by Crippen LogP contribution is 2.23. The van der Waals surface area contributed by atoms with E-state index in [-0.39, 0.29) is 30.5 Å². The van der Waals surface area contributed by atoms with E-state index in [1.807, 2.05) is 30.9 Å². The number of nitrogens with zero attached hydrogens (tertiary/aromatic N) is 1. The second-order valence-corrected chi connectivity index (χ2v) is 8.12. The van der Waals surface area contributed by atoms with Crippen molar-refractivity contribution in [2.24, 2.45) is 0 Å². The maximum atomic E-state index is 13.0. The first-order valence-electron chi connectivity index (χ1n) is 10.5. The first-order valence-corrected chi connectivity index (χ1v) is 10.5. The molecule has 0 saturated heterocycles. The van der Waals surface area contributed by atoms with Crippen molar-refractivity contribution in [1.29, 1.82) is 0 Å². The summed E-state index contributed by atoms with van der Waals surface area (Å²) in [6, 6.07) is 14.1. The summed E-state index contributed by atoms with van der Waals surface area (Å²) in [4.78, 5) is 15.0. The number of aliphatic hydroxyl groups excluding tert-OH is 1. The second-order valence-electron chi connectivity index (χ2n) is 8.12. The largest absolute Gasteiger partial charge is 0.389 e. The van der Waals surface area contributed by atoms with Crippen molar-refractivity contribution < 1.29 is 19.0 Å². The van der Waals surface area contributed by atoms with Crippen LogP contribution in [0.2, 0.25) is 0 Å². The molecule has 0 fully saturated rings. The van der Waals surface area contributed by atoms with Gasteiger partial charge in [0.25, 0.3) is 0 Å². The fourth-order valence-corrected chi connectivity index (χ4v) is 3.75. The van der Waals surface area contributed by atoms with Gasteiger partial charge in [0, 0.05) is 19.6 Å². The third-order valence-corrected chi connectivity index (χ3v) is 5.34. The number of carbonyl (C=O) groups is 1. The van der Waals surface area contributed by atoms with Crippen LogP contribution >= 0.6 is 0 Å². The lowest BCUT2D eigenvalue weighted by atomic mass is 9.93. The summed E-state index contributed by atoms with van der Waals surface area (Å²) in [5.41, 5.74) is 3.33. The molecule has 2 aromatic carbocycles. The first-order chi connectivity index (χ1) is 14.4. The summed E-state index contributed by atoms with van der Waals surface area (Å²) in [6.07, 6.45) is 0.635. The van der Waals surface area contributed by atoms with Gasteiger partial charge in [-0.15, -0.1) is 0 Å². The number of hydrogen-bond acceptors (Lipinski definition) is 4. The molecule has 2 atom stereocenters. The zero-order chi connectivity index (χ0) is 21.5. The fourth-order valence-electron chi connectivity index (χ4n) is 3.75. The van der Waals surface area contributed by atoms with Crippen LogP contribution < -0.4 is 5.32 Å². The molecule has 2 aromatic rings. The van der Waals surface area contributed by atoms with Crippen LogP contribution in [-0.4, -0.2) is 53.9 Å². The number of amides is 1. The highest BCUT2D eigenvalue weighted by Gasteiger charge is 2.32. The minimum Gasteiger partial charge on any atom is -0.389 e. The van der Waals surface area contributed by atoms with Crippen LogP contribution in [0.25, 0.3) is 0 Å². The van der Waals surface area contributed by atoms with Crippen molar-refractivity contribution in [3.63, 3.8) is 0 Å². The third kappa shape index (κ3) is 6.36. The van der Waals surface area contributed by atoms with Crippen molar-refractivity contribution in [1.82, 2.24) is 10.2 Å². The van der Waals surface area contributed by atoms with Crippen molar-refractivity contribution in [2.75, 3.05) is 19.7 Å². The Morgan fingerprint density at radius 2 is 1.90 bits per heavy atom. The molecular weight excluding hydrogens is 383 g/mol. The van der Waals surface area contributed by atoms with E-state index >= 15 is 0 Å². The Hall–Kier alpha value is -2.28. The number of aliphatic hydroxyl groups is 1. The van der Waals surface area contributed by atoms with Crippen molar-refractivity contribution in [3.05, 3.63) is 71.0 Å². The van der Waals surface area contributed by atoms with E-state index in [1.165, 1.54) is 23.3 Å². The number of halogens is 1. The Bertz CT molecular complexity index is 825. The maximum Gasteiger partial charge on any atom is 0.237 e. The predicted molar refractivity (Wildman–Crippen MR) is 115 cm³/mol. The zero-order valence-corrected chi connectivity index (χ0v) is 17.7. The van der Waals surface area contributed by atoms with E-state index in [4.69, 9.17) is 4.74 Å². The van der Waals surface area contributed by atoms with Crippen LogP contribution in [0, 0.1) is 5.82 Å². The quantitative estimate of drug-likeness (QED) is 0.662. The zero-order valence-electron chi connectivity index (χ0n) is 17.7. The fraction of sp³-hybridized carbons (Fsp3) is 0.458. The summed E-state index contributed by atoms with van der Waals surface area (Å²) in [5.74, 6) is -0.317. The molecule has 1 aliphatic rings. The van der Waals surface area contributed by atoms with E-state index in [2.05, 4.69) is 17.4 Å². The van der Waals surface area contributed by atoms with Crippen LogP contribution in [0.3, 0.4) is 0 Å². The van der Waals surface area contributed by atoms with Crippen LogP contribution in [0.5, 0.6) is 0 Å². The molecule has 1 heterocycles. The lowest BCUT2D eigenvalue weighted by Gasteiger charge is -2.37. The molecule has 1 aliphatic heterocycles. The number of benzene rings is 2. The number of rotatable bonds is 9. The standard InChI is InChI=1S/C24H31FN2O3/c1-17(2)30-16-22(28)15-27-14-20-6-4-3-5-19(20)13-23(27)24(29)26-12-11-18-7-9-21(25)10-8-18/h3-10,17,22-23,28H,11-16H2,1-2H3,(H,26,29). The average Bonchev–Trinajstić information content (AvgIpc) is 2.73. The topological polar surface area (TPSA) is 61.8 Å². The molecule has 5 nitrogen and oxygen atoms in total.